The molecule has 1 saturated heterocycles. The minimum absolute atomic E-state index is 0.105. The van der Waals surface area contributed by atoms with E-state index in [1.165, 1.54) is 0 Å². The molecule has 1 unspecified atom stereocenters. The third kappa shape index (κ3) is 3.90. The molecule has 5 heteroatoms. The monoisotopic (exact) mass is 279 g/mol. The molecule has 0 aromatic carbocycles. The van der Waals surface area contributed by atoms with Crippen molar-refractivity contribution in [2.75, 3.05) is 13.2 Å². The van der Waals surface area contributed by atoms with Crippen LogP contribution in [0, 0.1) is 5.92 Å². The normalized spacial score (nSPS) is 23.2. The van der Waals surface area contributed by atoms with Crippen molar-refractivity contribution in [1.29, 1.82) is 0 Å². The Bertz CT molecular complexity index is 490. The molecule has 2 heterocycles. The molecule has 20 heavy (non-hydrogen) atoms. The maximum atomic E-state index is 11.8. The van der Waals surface area contributed by atoms with Gasteiger partial charge in [-0.1, -0.05) is 13.8 Å². The quantitative estimate of drug-likeness (QED) is 0.864. The number of aromatic amines is 1. The summed E-state index contributed by atoms with van der Waals surface area (Å²) in [6.07, 6.45) is 3.09. The fraction of sp³-hybridized carbons (Fsp3) is 0.733. The summed E-state index contributed by atoms with van der Waals surface area (Å²) >= 11 is 0. The second kappa shape index (κ2) is 6.50. The van der Waals surface area contributed by atoms with Gasteiger partial charge in [0.1, 0.15) is 11.4 Å². The van der Waals surface area contributed by atoms with E-state index >= 15 is 0 Å². The fourth-order valence-electron chi connectivity index (χ4n) is 2.46. The summed E-state index contributed by atoms with van der Waals surface area (Å²) in [7, 11) is 0. The van der Waals surface area contributed by atoms with E-state index in [1.807, 2.05) is 6.92 Å². The Kier molecular flexibility index (Phi) is 4.94. The lowest BCUT2D eigenvalue weighted by atomic mass is 9.95. The standard InChI is InChI=1S/C15H25N3O2/c1-11(2)9-16-10-12-8-13(19)18-14(17-12)15(3)6-4-5-7-20-15/h8,11,16H,4-7,9-10H2,1-3H3,(H,17,18,19). The van der Waals surface area contributed by atoms with E-state index in [0.29, 0.717) is 18.3 Å². The second-order valence-corrected chi connectivity index (χ2v) is 6.15. The van der Waals surface area contributed by atoms with Crippen LogP contribution in [0.1, 0.15) is 51.6 Å². The Morgan fingerprint density at radius 3 is 2.95 bits per heavy atom. The highest BCUT2D eigenvalue weighted by molar-refractivity contribution is 5.08. The van der Waals surface area contributed by atoms with Gasteiger partial charge in [-0.2, -0.15) is 0 Å². The van der Waals surface area contributed by atoms with Crippen LogP contribution in [-0.2, 0) is 16.9 Å². The van der Waals surface area contributed by atoms with Gasteiger partial charge in [0.25, 0.3) is 5.56 Å². The number of ether oxygens (including phenoxy) is 1. The molecule has 0 saturated carbocycles. The molecule has 0 radical (unpaired) electrons. The van der Waals surface area contributed by atoms with E-state index in [2.05, 4.69) is 29.1 Å². The Hall–Kier alpha value is -1.20. The molecule has 2 N–H and O–H groups in total. The van der Waals surface area contributed by atoms with Crippen molar-refractivity contribution in [3.8, 4) is 0 Å². The highest BCUT2D eigenvalue weighted by Gasteiger charge is 2.32. The number of nitrogens with one attached hydrogen (secondary N) is 2. The third-order valence-corrected chi connectivity index (χ3v) is 3.62. The zero-order valence-corrected chi connectivity index (χ0v) is 12.7. The average Bonchev–Trinajstić information content (AvgIpc) is 2.38. The minimum atomic E-state index is -0.453. The Morgan fingerprint density at radius 1 is 1.50 bits per heavy atom. The molecule has 0 amide bonds. The number of hydrogen-bond donors (Lipinski definition) is 2. The van der Waals surface area contributed by atoms with Gasteiger partial charge in [0, 0.05) is 19.2 Å². The predicted octanol–water partition coefficient (Wildman–Crippen LogP) is 1.93. The molecule has 0 aliphatic carbocycles. The van der Waals surface area contributed by atoms with Crippen LogP contribution in [0.2, 0.25) is 0 Å². The van der Waals surface area contributed by atoms with Crippen LogP contribution in [0.3, 0.4) is 0 Å². The zero-order chi connectivity index (χ0) is 14.6. The molecule has 0 bridgehead atoms. The van der Waals surface area contributed by atoms with Gasteiger partial charge in [-0.25, -0.2) is 4.98 Å². The van der Waals surface area contributed by atoms with Crippen molar-refractivity contribution in [3.05, 3.63) is 27.9 Å². The fourth-order valence-corrected chi connectivity index (χ4v) is 2.46. The second-order valence-electron chi connectivity index (χ2n) is 6.15. The molecule has 1 aromatic heterocycles. The topological polar surface area (TPSA) is 67.0 Å². The largest absolute Gasteiger partial charge is 0.367 e. The summed E-state index contributed by atoms with van der Waals surface area (Å²) in [5.74, 6) is 1.24. The minimum Gasteiger partial charge on any atom is -0.367 e. The van der Waals surface area contributed by atoms with Crippen molar-refractivity contribution >= 4 is 0 Å². The number of hydrogen-bond acceptors (Lipinski definition) is 4. The van der Waals surface area contributed by atoms with Crippen LogP contribution >= 0.6 is 0 Å². The number of rotatable bonds is 5. The summed E-state index contributed by atoms with van der Waals surface area (Å²) in [5, 5.41) is 3.31. The van der Waals surface area contributed by atoms with Crippen molar-refractivity contribution in [2.45, 2.75) is 52.2 Å². The summed E-state index contributed by atoms with van der Waals surface area (Å²) in [6.45, 7) is 8.58. The number of nitrogens with zero attached hydrogens (tertiary/aromatic N) is 1. The first kappa shape index (κ1) is 15.2. The van der Waals surface area contributed by atoms with Gasteiger partial charge in [-0.15, -0.1) is 0 Å². The summed E-state index contributed by atoms with van der Waals surface area (Å²) in [5.41, 5.74) is 0.220. The van der Waals surface area contributed by atoms with Crippen LogP contribution in [0.5, 0.6) is 0 Å². The molecule has 1 fully saturated rings. The van der Waals surface area contributed by atoms with E-state index in [1.54, 1.807) is 6.07 Å². The van der Waals surface area contributed by atoms with Crippen molar-refractivity contribution in [2.24, 2.45) is 5.92 Å². The van der Waals surface area contributed by atoms with E-state index < -0.39 is 5.60 Å². The molecule has 5 nitrogen and oxygen atoms in total. The van der Waals surface area contributed by atoms with Gasteiger partial charge >= 0.3 is 0 Å². The molecular weight excluding hydrogens is 254 g/mol. The molecule has 0 spiro atoms. The van der Waals surface area contributed by atoms with Crippen molar-refractivity contribution in [3.63, 3.8) is 0 Å². The Labute approximate surface area is 120 Å². The third-order valence-electron chi connectivity index (χ3n) is 3.62. The maximum Gasteiger partial charge on any atom is 0.251 e. The van der Waals surface area contributed by atoms with Crippen molar-refractivity contribution < 1.29 is 4.74 Å². The smallest absolute Gasteiger partial charge is 0.251 e. The van der Waals surface area contributed by atoms with Crippen LogP contribution in [-0.4, -0.2) is 23.1 Å². The number of H-pyrrole nitrogens is 1. The van der Waals surface area contributed by atoms with E-state index in [4.69, 9.17) is 4.74 Å². The average molecular weight is 279 g/mol. The van der Waals surface area contributed by atoms with E-state index in [9.17, 15) is 4.79 Å². The van der Waals surface area contributed by atoms with Gasteiger partial charge in [-0.05, 0) is 38.6 Å². The summed E-state index contributed by atoms with van der Waals surface area (Å²) in [4.78, 5) is 19.2. The molecule has 2 rings (SSSR count). The van der Waals surface area contributed by atoms with Gasteiger partial charge in [0.2, 0.25) is 0 Å². The van der Waals surface area contributed by atoms with E-state index in [-0.39, 0.29) is 5.56 Å². The summed E-state index contributed by atoms with van der Waals surface area (Å²) in [6, 6.07) is 1.56. The number of aromatic nitrogens is 2. The molecule has 1 atom stereocenters. The van der Waals surface area contributed by atoms with Crippen LogP contribution in [0.15, 0.2) is 10.9 Å². The van der Waals surface area contributed by atoms with Gasteiger partial charge in [-0.3, -0.25) is 4.79 Å². The molecule has 1 aliphatic heterocycles. The van der Waals surface area contributed by atoms with Crippen LogP contribution < -0.4 is 10.9 Å². The zero-order valence-electron chi connectivity index (χ0n) is 12.7. The highest BCUT2D eigenvalue weighted by atomic mass is 16.5. The molecule has 112 valence electrons. The Morgan fingerprint density at radius 2 is 2.30 bits per heavy atom. The lowest BCUT2D eigenvalue weighted by Crippen LogP contribution is -2.35. The predicted molar refractivity (Wildman–Crippen MR) is 78.6 cm³/mol. The first-order valence-electron chi connectivity index (χ1n) is 7.45. The molecule has 1 aliphatic rings. The highest BCUT2D eigenvalue weighted by Crippen LogP contribution is 2.31. The first-order chi connectivity index (χ1) is 9.49. The summed E-state index contributed by atoms with van der Waals surface area (Å²) < 4.78 is 5.85. The van der Waals surface area contributed by atoms with E-state index in [0.717, 1.165) is 38.1 Å². The van der Waals surface area contributed by atoms with Gasteiger partial charge in [0.05, 0.1) is 5.69 Å². The van der Waals surface area contributed by atoms with Crippen LogP contribution in [0.25, 0.3) is 0 Å². The lowest BCUT2D eigenvalue weighted by molar-refractivity contribution is -0.0763. The molecule has 1 aromatic rings. The van der Waals surface area contributed by atoms with Gasteiger partial charge < -0.3 is 15.0 Å². The van der Waals surface area contributed by atoms with Gasteiger partial charge in [0.15, 0.2) is 0 Å². The first-order valence-corrected chi connectivity index (χ1v) is 7.45. The molecular formula is C15H25N3O2. The van der Waals surface area contributed by atoms with Crippen molar-refractivity contribution in [1.82, 2.24) is 15.3 Å². The Balaban J connectivity index is 2.13. The maximum absolute atomic E-state index is 11.8. The SMILES string of the molecule is CC(C)CNCc1cc(=O)[nH]c(C2(C)CCCCO2)n1. The lowest BCUT2D eigenvalue weighted by Gasteiger charge is -2.32. The van der Waals surface area contributed by atoms with Crippen LogP contribution in [0.4, 0.5) is 0 Å².